The monoisotopic (exact) mass is 442 g/mol. The van der Waals surface area contributed by atoms with E-state index in [4.69, 9.17) is 4.74 Å². The summed E-state index contributed by atoms with van der Waals surface area (Å²) >= 11 is 0. The topological polar surface area (TPSA) is 90.5 Å². The third-order valence-electron chi connectivity index (χ3n) is 6.14. The van der Waals surface area contributed by atoms with E-state index in [1.165, 1.54) is 5.56 Å². The van der Waals surface area contributed by atoms with Crippen molar-refractivity contribution in [2.75, 3.05) is 33.3 Å². The van der Waals surface area contributed by atoms with Gasteiger partial charge in [-0.25, -0.2) is 9.78 Å². The molecular weight excluding hydrogens is 416 g/mol. The maximum Gasteiger partial charge on any atom is 0.335 e. The number of aromatic carboxylic acids is 1. The van der Waals surface area contributed by atoms with E-state index in [1.807, 2.05) is 24.3 Å². The summed E-state index contributed by atoms with van der Waals surface area (Å²) in [6.07, 6.45) is 1.76. The molecule has 4 aromatic rings. The number of nitrogens with one attached hydrogen (secondary N) is 2. The molecule has 168 valence electrons. The summed E-state index contributed by atoms with van der Waals surface area (Å²) in [6.45, 7) is 5.03. The zero-order chi connectivity index (χ0) is 22.8. The van der Waals surface area contributed by atoms with Crippen molar-refractivity contribution in [1.29, 1.82) is 0 Å². The van der Waals surface area contributed by atoms with Gasteiger partial charge in [0.05, 0.1) is 18.4 Å². The largest absolute Gasteiger partial charge is 0.496 e. The molecule has 0 aliphatic carbocycles. The number of nitrogens with zero attached hydrogens (tertiary/aromatic N) is 2. The van der Waals surface area contributed by atoms with Crippen LogP contribution in [0.1, 0.15) is 15.9 Å². The van der Waals surface area contributed by atoms with Gasteiger partial charge >= 0.3 is 5.97 Å². The first-order valence-electron chi connectivity index (χ1n) is 11.0. The van der Waals surface area contributed by atoms with Gasteiger partial charge in [-0.05, 0) is 53.1 Å². The van der Waals surface area contributed by atoms with Gasteiger partial charge in [-0.1, -0.05) is 18.2 Å². The summed E-state index contributed by atoms with van der Waals surface area (Å²) in [5.74, 6) is -0.129. The Labute approximate surface area is 192 Å². The molecule has 7 heteroatoms. The van der Waals surface area contributed by atoms with Crippen LogP contribution in [-0.2, 0) is 6.54 Å². The van der Waals surface area contributed by atoms with Crippen LogP contribution in [0.15, 0.2) is 60.8 Å². The molecular formula is C26H26N4O3. The number of aromatic amines is 1. The number of rotatable bonds is 6. The van der Waals surface area contributed by atoms with Crippen LogP contribution in [0.4, 0.5) is 0 Å². The molecule has 1 saturated heterocycles. The van der Waals surface area contributed by atoms with Gasteiger partial charge in [-0.15, -0.1) is 0 Å². The molecule has 2 aromatic heterocycles. The number of hydrogen-bond acceptors (Lipinski definition) is 5. The van der Waals surface area contributed by atoms with Gasteiger partial charge < -0.3 is 20.1 Å². The smallest absolute Gasteiger partial charge is 0.335 e. The molecule has 0 radical (unpaired) electrons. The minimum atomic E-state index is -0.932. The number of H-pyrrole nitrogens is 1. The van der Waals surface area contributed by atoms with Crippen molar-refractivity contribution in [3.05, 3.63) is 71.9 Å². The second kappa shape index (κ2) is 9.05. The fourth-order valence-corrected chi connectivity index (χ4v) is 4.41. The Balaban J connectivity index is 1.53. The molecule has 0 bridgehead atoms. The summed E-state index contributed by atoms with van der Waals surface area (Å²) in [5, 5.41) is 13.6. The minimum Gasteiger partial charge on any atom is -0.496 e. The average Bonchev–Trinajstić information content (AvgIpc) is 3.29. The average molecular weight is 443 g/mol. The lowest BCUT2D eigenvalue weighted by Crippen LogP contribution is -2.42. The van der Waals surface area contributed by atoms with Crippen molar-refractivity contribution < 1.29 is 14.6 Å². The second-order valence-corrected chi connectivity index (χ2v) is 8.25. The zero-order valence-electron chi connectivity index (χ0n) is 18.5. The van der Waals surface area contributed by atoms with E-state index in [-0.39, 0.29) is 5.56 Å². The van der Waals surface area contributed by atoms with Gasteiger partial charge in [0.25, 0.3) is 0 Å². The first-order chi connectivity index (χ1) is 16.1. The van der Waals surface area contributed by atoms with Crippen molar-refractivity contribution in [1.82, 2.24) is 20.2 Å². The van der Waals surface area contributed by atoms with Crippen LogP contribution >= 0.6 is 0 Å². The normalized spacial score (nSPS) is 14.5. The number of aromatic nitrogens is 2. The Kier molecular flexibility index (Phi) is 5.81. The van der Waals surface area contributed by atoms with E-state index in [9.17, 15) is 9.90 Å². The number of hydrogen-bond donors (Lipinski definition) is 3. The predicted octanol–water partition coefficient (Wildman–Crippen LogP) is 4.01. The van der Waals surface area contributed by atoms with E-state index < -0.39 is 5.97 Å². The summed E-state index contributed by atoms with van der Waals surface area (Å²) in [6, 6.07) is 17.3. The van der Waals surface area contributed by atoms with Gasteiger partial charge in [-0.3, -0.25) is 4.90 Å². The molecule has 5 rings (SSSR count). The van der Waals surface area contributed by atoms with Crippen molar-refractivity contribution in [3.63, 3.8) is 0 Å². The number of piperazine rings is 1. The molecule has 1 aliphatic rings. The van der Waals surface area contributed by atoms with Crippen molar-refractivity contribution in [3.8, 4) is 28.1 Å². The minimum absolute atomic E-state index is 0.268. The molecule has 0 spiro atoms. The third kappa shape index (κ3) is 4.33. The highest BCUT2D eigenvalue weighted by molar-refractivity contribution is 5.97. The Hall–Kier alpha value is -3.68. The van der Waals surface area contributed by atoms with Crippen LogP contribution < -0.4 is 10.1 Å². The Morgan fingerprint density at radius 2 is 1.85 bits per heavy atom. The first-order valence-corrected chi connectivity index (χ1v) is 11.0. The summed E-state index contributed by atoms with van der Waals surface area (Å²) in [4.78, 5) is 21.6. The predicted molar refractivity (Wildman–Crippen MR) is 129 cm³/mol. The lowest BCUT2D eigenvalue weighted by Gasteiger charge is -2.27. The standard InChI is InChI=1S/C26H26N4O3/c1-33-24-7-2-17(16-30-12-10-27-11-13-30)14-22(24)23-15-21-20(8-9-28-25(21)29-23)18-3-5-19(6-4-18)26(31)32/h2-9,14-15,27H,10-13,16H2,1H3,(H,28,29)(H,31,32). The van der Waals surface area contributed by atoms with Crippen LogP contribution in [0.3, 0.4) is 0 Å². The molecule has 7 nitrogen and oxygen atoms in total. The lowest BCUT2D eigenvalue weighted by atomic mass is 10.0. The maximum absolute atomic E-state index is 11.2. The summed E-state index contributed by atoms with van der Waals surface area (Å²) in [7, 11) is 1.69. The van der Waals surface area contributed by atoms with Crippen molar-refractivity contribution in [2.45, 2.75) is 6.54 Å². The van der Waals surface area contributed by atoms with Crippen LogP contribution in [-0.4, -0.2) is 59.2 Å². The van der Waals surface area contributed by atoms with E-state index in [0.29, 0.717) is 0 Å². The molecule has 3 N–H and O–H groups in total. The summed E-state index contributed by atoms with van der Waals surface area (Å²) < 4.78 is 5.67. The molecule has 3 heterocycles. The van der Waals surface area contributed by atoms with Crippen molar-refractivity contribution in [2.24, 2.45) is 0 Å². The SMILES string of the molecule is COc1ccc(CN2CCNCC2)cc1-c1cc2c(-c3ccc(C(=O)O)cc3)ccnc2[nH]1. The van der Waals surface area contributed by atoms with Gasteiger partial charge in [0, 0.05) is 49.9 Å². The Morgan fingerprint density at radius 1 is 1.06 bits per heavy atom. The summed E-state index contributed by atoms with van der Waals surface area (Å²) in [5.41, 5.74) is 6.15. The Morgan fingerprint density at radius 3 is 2.58 bits per heavy atom. The van der Waals surface area contributed by atoms with Gasteiger partial charge in [0.2, 0.25) is 0 Å². The highest BCUT2D eigenvalue weighted by Crippen LogP contribution is 2.35. The highest BCUT2D eigenvalue weighted by atomic mass is 16.5. The number of carbonyl (C=O) groups is 1. The third-order valence-corrected chi connectivity index (χ3v) is 6.14. The van der Waals surface area contributed by atoms with Crippen LogP contribution in [0.5, 0.6) is 5.75 Å². The van der Waals surface area contributed by atoms with Gasteiger partial charge in [0.15, 0.2) is 0 Å². The van der Waals surface area contributed by atoms with Crippen LogP contribution in [0.2, 0.25) is 0 Å². The molecule has 2 aromatic carbocycles. The number of fused-ring (bicyclic) bond motifs is 1. The van der Waals surface area contributed by atoms with E-state index in [2.05, 4.69) is 38.4 Å². The molecule has 0 amide bonds. The second-order valence-electron chi connectivity index (χ2n) is 8.25. The van der Waals surface area contributed by atoms with Gasteiger partial charge in [0.1, 0.15) is 11.4 Å². The number of carboxylic acid groups (broad SMARTS) is 1. The van der Waals surface area contributed by atoms with E-state index >= 15 is 0 Å². The fraction of sp³-hybridized carbons (Fsp3) is 0.231. The highest BCUT2D eigenvalue weighted by Gasteiger charge is 2.16. The van der Waals surface area contributed by atoms with Crippen LogP contribution in [0, 0.1) is 0 Å². The number of methoxy groups -OCH3 is 1. The van der Waals surface area contributed by atoms with Crippen LogP contribution in [0.25, 0.3) is 33.4 Å². The molecule has 33 heavy (non-hydrogen) atoms. The van der Waals surface area contributed by atoms with Crippen molar-refractivity contribution >= 4 is 17.0 Å². The number of ether oxygens (including phenoxy) is 1. The fourth-order valence-electron chi connectivity index (χ4n) is 4.41. The quantitative estimate of drug-likeness (QED) is 0.418. The van der Waals surface area contributed by atoms with E-state index in [1.54, 1.807) is 25.4 Å². The molecule has 0 unspecified atom stereocenters. The number of carboxylic acids is 1. The Bertz CT molecular complexity index is 1290. The number of pyridine rings is 1. The molecule has 1 aliphatic heterocycles. The number of benzene rings is 2. The molecule has 0 atom stereocenters. The lowest BCUT2D eigenvalue weighted by molar-refractivity contribution is 0.0697. The molecule has 1 fully saturated rings. The zero-order valence-corrected chi connectivity index (χ0v) is 18.5. The first kappa shape index (κ1) is 21.2. The van der Waals surface area contributed by atoms with E-state index in [0.717, 1.165) is 71.9 Å². The maximum atomic E-state index is 11.2. The molecule has 0 saturated carbocycles. The van der Waals surface area contributed by atoms with Gasteiger partial charge in [-0.2, -0.15) is 0 Å².